The van der Waals surface area contributed by atoms with Crippen LogP contribution >= 0.6 is 0 Å². The van der Waals surface area contributed by atoms with Crippen molar-refractivity contribution in [2.75, 3.05) is 5.32 Å². The van der Waals surface area contributed by atoms with E-state index in [1.807, 2.05) is 31.2 Å². The molecule has 6 aromatic rings. The van der Waals surface area contributed by atoms with Crippen molar-refractivity contribution in [1.82, 2.24) is 30.1 Å². The number of amides is 1. The van der Waals surface area contributed by atoms with E-state index in [1.54, 1.807) is 24.8 Å². The fourth-order valence-corrected chi connectivity index (χ4v) is 4.61. The van der Waals surface area contributed by atoms with E-state index in [0.29, 0.717) is 34.8 Å². The van der Waals surface area contributed by atoms with Crippen LogP contribution < -0.4 is 5.32 Å². The molecule has 5 heterocycles. The number of aromatic nitrogens is 6. The Morgan fingerprint density at radius 2 is 1.85 bits per heavy atom. The predicted octanol–water partition coefficient (Wildman–Crippen LogP) is 6.20. The minimum absolute atomic E-state index is 0.0440. The molecule has 1 aromatic carbocycles. The van der Waals surface area contributed by atoms with Crippen LogP contribution in [0.5, 0.6) is 5.75 Å². The maximum atomic E-state index is 14.0. The molecule has 0 saturated heterocycles. The van der Waals surface area contributed by atoms with Crippen molar-refractivity contribution < 1.29 is 14.3 Å². The van der Waals surface area contributed by atoms with E-state index >= 15 is 0 Å². The molecular weight excluding hydrogens is 497 g/mol. The summed E-state index contributed by atoms with van der Waals surface area (Å²) < 4.78 is 14.0. The molecule has 0 aliphatic carbocycles. The normalized spacial score (nSPS) is 11.3. The second-order valence-electron chi connectivity index (χ2n) is 9.30. The summed E-state index contributed by atoms with van der Waals surface area (Å²) >= 11 is 0. The number of H-pyrrole nitrogens is 2. The summed E-state index contributed by atoms with van der Waals surface area (Å²) in [4.78, 5) is 28.8. The van der Waals surface area contributed by atoms with Crippen LogP contribution in [0.15, 0.2) is 67.3 Å². The Labute approximate surface area is 222 Å². The molecule has 194 valence electrons. The summed E-state index contributed by atoms with van der Waals surface area (Å²) in [6, 6.07) is 11.4. The Hall–Kier alpha value is -5.12. The molecule has 39 heavy (non-hydrogen) atoms. The molecule has 9 nitrogen and oxygen atoms in total. The monoisotopic (exact) mass is 521 g/mol. The van der Waals surface area contributed by atoms with E-state index in [2.05, 4.69) is 35.5 Å². The fourth-order valence-electron chi connectivity index (χ4n) is 4.61. The zero-order chi connectivity index (χ0) is 26.9. The molecule has 0 aliphatic rings. The van der Waals surface area contributed by atoms with Crippen molar-refractivity contribution >= 4 is 33.4 Å². The number of anilines is 1. The number of halogens is 1. The van der Waals surface area contributed by atoms with Gasteiger partial charge >= 0.3 is 0 Å². The van der Waals surface area contributed by atoms with E-state index in [1.165, 1.54) is 12.1 Å². The SMILES string of the molecule is CCCCC(=O)Nc1cncc(-c2cc3c(-c4cc5c(-c6cc(O)cc(F)c6)nccc5[nH]4)n[nH]c3cn2)c1. The standard InChI is InChI=1S/C29H24FN7O2/c1-2-3-4-27(39)34-19-8-17(13-31-14-19)24-11-22-26(15-33-24)36-37-29(22)25-12-21-23(35-25)5-6-32-28(21)16-7-18(30)10-20(38)9-16/h5-15,35,38H,2-4H2,1H3,(H,34,39)(H,36,37). The molecule has 0 saturated carbocycles. The van der Waals surface area contributed by atoms with Crippen LogP contribution in [0.25, 0.3) is 55.7 Å². The van der Waals surface area contributed by atoms with Crippen LogP contribution in [-0.4, -0.2) is 41.1 Å². The molecule has 4 N–H and O–H groups in total. The largest absolute Gasteiger partial charge is 0.508 e. The number of fused-ring (bicyclic) bond motifs is 2. The third kappa shape index (κ3) is 4.79. The fraction of sp³-hybridized carbons (Fsp3) is 0.138. The minimum atomic E-state index is -0.544. The van der Waals surface area contributed by atoms with Gasteiger partial charge in [0.15, 0.2) is 0 Å². The summed E-state index contributed by atoms with van der Waals surface area (Å²) in [6.07, 6.45) is 8.89. The molecule has 0 aliphatic heterocycles. The quantitative estimate of drug-likeness (QED) is 0.198. The van der Waals surface area contributed by atoms with Crippen LogP contribution in [0.2, 0.25) is 0 Å². The Bertz CT molecular complexity index is 1820. The number of nitrogens with zero attached hydrogens (tertiary/aromatic N) is 4. The number of nitrogens with one attached hydrogen (secondary N) is 3. The summed E-state index contributed by atoms with van der Waals surface area (Å²) in [5.74, 6) is -0.758. The van der Waals surface area contributed by atoms with Crippen LogP contribution in [0.3, 0.4) is 0 Å². The summed E-state index contributed by atoms with van der Waals surface area (Å²) in [6.45, 7) is 2.04. The summed E-state index contributed by atoms with van der Waals surface area (Å²) in [7, 11) is 0. The topological polar surface area (TPSA) is 132 Å². The first kappa shape index (κ1) is 24.2. The number of rotatable bonds is 7. The number of unbranched alkanes of at least 4 members (excludes halogenated alkanes) is 1. The highest BCUT2D eigenvalue weighted by atomic mass is 19.1. The van der Waals surface area contributed by atoms with Crippen molar-refractivity contribution in [3.8, 4) is 39.7 Å². The summed E-state index contributed by atoms with van der Waals surface area (Å²) in [5.41, 5.74) is 6.00. The number of carbonyl (C=O) groups is 1. The third-order valence-electron chi connectivity index (χ3n) is 6.48. The van der Waals surface area contributed by atoms with Crippen molar-refractivity contribution in [3.05, 3.63) is 73.1 Å². The van der Waals surface area contributed by atoms with Gasteiger partial charge < -0.3 is 15.4 Å². The number of aromatic amines is 2. The van der Waals surface area contributed by atoms with Crippen LogP contribution in [0.4, 0.5) is 10.1 Å². The van der Waals surface area contributed by atoms with E-state index in [4.69, 9.17) is 0 Å². The predicted molar refractivity (Wildman–Crippen MR) is 147 cm³/mol. The molecule has 5 aromatic heterocycles. The van der Waals surface area contributed by atoms with Gasteiger partial charge in [-0.1, -0.05) is 13.3 Å². The highest BCUT2D eigenvalue weighted by molar-refractivity contribution is 6.00. The second kappa shape index (κ2) is 9.97. The molecule has 0 atom stereocenters. The first-order valence-electron chi connectivity index (χ1n) is 12.6. The number of pyridine rings is 3. The maximum absolute atomic E-state index is 14.0. The van der Waals surface area contributed by atoms with Gasteiger partial charge in [-0.05, 0) is 42.8 Å². The Morgan fingerprint density at radius 3 is 2.69 bits per heavy atom. The number of benzene rings is 1. The first-order chi connectivity index (χ1) is 19.0. The van der Waals surface area contributed by atoms with Gasteiger partial charge in [0.2, 0.25) is 5.91 Å². The van der Waals surface area contributed by atoms with Crippen LogP contribution in [0, 0.1) is 5.82 Å². The molecule has 1 amide bonds. The van der Waals surface area contributed by atoms with Gasteiger partial charge in [-0.2, -0.15) is 5.10 Å². The van der Waals surface area contributed by atoms with Gasteiger partial charge in [-0.25, -0.2) is 4.39 Å². The minimum Gasteiger partial charge on any atom is -0.508 e. The molecule has 0 fully saturated rings. The van der Waals surface area contributed by atoms with Crippen molar-refractivity contribution in [2.45, 2.75) is 26.2 Å². The summed E-state index contributed by atoms with van der Waals surface area (Å²) in [5, 5.41) is 21.9. The third-order valence-corrected chi connectivity index (χ3v) is 6.48. The number of carbonyl (C=O) groups excluding carboxylic acids is 1. The second-order valence-corrected chi connectivity index (χ2v) is 9.30. The molecule has 0 radical (unpaired) electrons. The number of aromatic hydroxyl groups is 1. The van der Waals surface area contributed by atoms with Crippen molar-refractivity contribution in [2.24, 2.45) is 0 Å². The molecule has 6 rings (SSSR count). The number of phenols is 1. The van der Waals surface area contributed by atoms with Crippen LogP contribution in [0.1, 0.15) is 26.2 Å². The van der Waals surface area contributed by atoms with Crippen molar-refractivity contribution in [3.63, 3.8) is 0 Å². The highest BCUT2D eigenvalue weighted by Crippen LogP contribution is 2.35. The van der Waals surface area contributed by atoms with Gasteiger partial charge in [0, 0.05) is 52.3 Å². The van der Waals surface area contributed by atoms with E-state index in [9.17, 15) is 14.3 Å². The average Bonchev–Trinajstić information content (AvgIpc) is 3.55. The zero-order valence-corrected chi connectivity index (χ0v) is 21.0. The zero-order valence-electron chi connectivity index (χ0n) is 21.0. The lowest BCUT2D eigenvalue weighted by atomic mass is 10.1. The number of hydrogen-bond acceptors (Lipinski definition) is 6. The van der Waals surface area contributed by atoms with Crippen LogP contribution in [-0.2, 0) is 4.79 Å². The number of phenolic OH excluding ortho intramolecular Hbond substituents is 1. The Morgan fingerprint density at radius 1 is 0.974 bits per heavy atom. The smallest absolute Gasteiger partial charge is 0.224 e. The Kier molecular flexibility index (Phi) is 6.20. The van der Waals surface area contributed by atoms with Gasteiger partial charge in [0.1, 0.15) is 17.3 Å². The lowest BCUT2D eigenvalue weighted by Crippen LogP contribution is -2.11. The van der Waals surface area contributed by atoms with Gasteiger partial charge in [-0.15, -0.1) is 0 Å². The molecule has 0 bridgehead atoms. The van der Waals surface area contributed by atoms with E-state index in [-0.39, 0.29) is 11.7 Å². The Balaban J connectivity index is 1.38. The highest BCUT2D eigenvalue weighted by Gasteiger charge is 2.16. The first-order valence-corrected chi connectivity index (χ1v) is 12.6. The van der Waals surface area contributed by atoms with Gasteiger partial charge in [0.25, 0.3) is 0 Å². The van der Waals surface area contributed by atoms with Crippen molar-refractivity contribution in [1.29, 1.82) is 0 Å². The molecule has 0 unspecified atom stereocenters. The maximum Gasteiger partial charge on any atom is 0.224 e. The van der Waals surface area contributed by atoms with Gasteiger partial charge in [-0.3, -0.25) is 24.8 Å². The van der Waals surface area contributed by atoms with Gasteiger partial charge in [0.05, 0.1) is 40.7 Å². The average molecular weight is 522 g/mol. The lowest BCUT2D eigenvalue weighted by molar-refractivity contribution is -0.116. The number of hydrogen-bond donors (Lipinski definition) is 4. The lowest BCUT2D eigenvalue weighted by Gasteiger charge is -2.07. The van der Waals surface area contributed by atoms with E-state index < -0.39 is 5.82 Å². The molecular formula is C29H24FN7O2. The van der Waals surface area contributed by atoms with E-state index in [0.717, 1.165) is 52.0 Å². The molecule has 10 heteroatoms. The molecule has 0 spiro atoms.